The van der Waals surface area contributed by atoms with Gasteiger partial charge in [0.1, 0.15) is 6.79 Å². The van der Waals surface area contributed by atoms with Gasteiger partial charge in [-0.25, -0.2) is 0 Å². The molecule has 5 heterocycles. The molecular formula is C60H88N2O13S4. The lowest BCUT2D eigenvalue weighted by molar-refractivity contribution is -0.167. The van der Waals surface area contributed by atoms with Crippen LogP contribution in [-0.4, -0.2) is 149 Å². The molecule has 2 aromatic carbocycles. The van der Waals surface area contributed by atoms with E-state index in [4.69, 9.17) is 23.7 Å². The van der Waals surface area contributed by atoms with Crippen LogP contribution in [0, 0.1) is 64.1 Å². The van der Waals surface area contributed by atoms with E-state index in [1.807, 2.05) is 16.9 Å². The maximum Gasteiger partial charge on any atom is 0.224 e. The zero-order chi connectivity index (χ0) is 55.8. The van der Waals surface area contributed by atoms with Crippen LogP contribution in [0.25, 0.3) is 0 Å². The first-order chi connectivity index (χ1) is 38.3. The fourth-order valence-corrected chi connectivity index (χ4v) is 21.4. The lowest BCUT2D eigenvalue weighted by atomic mass is 9.38. The molecule has 4 bridgehead atoms. The smallest absolute Gasteiger partial charge is 0.224 e. The second-order valence-corrected chi connectivity index (χ2v) is 29.1. The number of amides is 1. The first kappa shape index (κ1) is 61.1. The number of carbonyl (C=O) groups excluding carboxylic acids is 1. The molecule has 15 nitrogen and oxygen atoms in total. The van der Waals surface area contributed by atoms with Crippen molar-refractivity contribution in [1.82, 2.24) is 10.6 Å². The van der Waals surface area contributed by atoms with E-state index in [1.165, 1.54) is 35.8 Å². The molecule has 0 unspecified atom stereocenters. The minimum Gasteiger partial charge on any atom is -0.504 e. The van der Waals surface area contributed by atoms with Gasteiger partial charge in [0.2, 0.25) is 11.7 Å². The number of rotatable bonds is 14. The number of carbonyl (C=O) groups is 1. The van der Waals surface area contributed by atoms with E-state index < -0.39 is 37.1 Å². The van der Waals surface area contributed by atoms with Crippen molar-refractivity contribution in [2.45, 2.75) is 164 Å². The summed E-state index contributed by atoms with van der Waals surface area (Å²) in [6, 6.07) is 7.24. The molecule has 79 heavy (non-hydrogen) atoms. The lowest BCUT2D eigenvalue weighted by Gasteiger charge is -2.66. The molecule has 8 aliphatic rings. The molecule has 0 aromatic heterocycles. The third kappa shape index (κ3) is 13.4. The van der Waals surface area contributed by atoms with Gasteiger partial charge >= 0.3 is 0 Å². The summed E-state index contributed by atoms with van der Waals surface area (Å²) in [5.74, 6) is 10.8. The number of ether oxygens (including phenoxy) is 5. The van der Waals surface area contributed by atoms with Crippen LogP contribution in [0.3, 0.4) is 0 Å². The number of aliphatic hydroxyl groups is 5. The highest BCUT2D eigenvalue weighted by atomic mass is 33.1. The largest absolute Gasteiger partial charge is 0.504 e. The minimum absolute atomic E-state index is 0.0293. The van der Waals surface area contributed by atoms with E-state index in [0.29, 0.717) is 61.2 Å². The predicted molar refractivity (Wildman–Crippen MR) is 314 cm³/mol. The highest BCUT2D eigenvalue weighted by Gasteiger charge is 2.66. The zero-order valence-electron chi connectivity index (χ0n) is 46.7. The molecule has 17 atom stereocenters. The normalized spacial score (nSPS) is 37.2. The predicted octanol–water partition coefficient (Wildman–Crippen LogP) is 8.21. The van der Waals surface area contributed by atoms with Gasteiger partial charge in [-0.05, 0) is 166 Å². The minimum atomic E-state index is -1.04. The molecule has 3 saturated carbocycles. The van der Waals surface area contributed by atoms with Crippen LogP contribution in [0.1, 0.15) is 125 Å². The van der Waals surface area contributed by atoms with Gasteiger partial charge < -0.3 is 70.1 Å². The number of phenols is 2. The number of aliphatic hydroxyl groups excluding tert-OH is 5. The standard InChI is InChI=1S/C60H88N2O13S4/c1-35-9-13-44-38-15-18-60-30-40(12-14-45(60)47(61-19-6-5-17-59(44,60)29-35)32-77-76-31-43-56(50(67)25-38)46(62-58(43)70)8-7-21-71-2)75-52-26-37-10-11-39(74-34-64)27-48(65)42(22-36-23-53(72-3)57(69)54(24-36)73-4)51(68)33-78-79-55(16-20-63)41(37)28-49(52)66/h23-24,26,28,35,38-40,42-48,50-51,55-56,61,63-69H,6-16,18-22,25,27,29-34H2,1-4H3,(H,62,70)/t35-,38-,39+,40-,42+,43-,44+,45+,46+,47+,48-,50+,51-,55+,56-,59-,60-/m1/s1. The summed E-state index contributed by atoms with van der Waals surface area (Å²) < 4.78 is 29.4. The van der Waals surface area contributed by atoms with Crippen molar-refractivity contribution in [3.8, 4) is 40.6 Å². The Kier molecular flexibility index (Phi) is 21.6. The molecule has 5 aliphatic heterocycles. The first-order valence-electron chi connectivity index (χ1n) is 29.2. The van der Waals surface area contributed by atoms with Crippen LogP contribution in [0.2, 0.25) is 0 Å². The van der Waals surface area contributed by atoms with Gasteiger partial charge in [-0.2, -0.15) is 0 Å². The molecule has 10 rings (SSSR count). The summed E-state index contributed by atoms with van der Waals surface area (Å²) in [6.07, 6.45) is 8.80. The summed E-state index contributed by atoms with van der Waals surface area (Å²) >= 11 is 0. The van der Waals surface area contributed by atoms with E-state index in [9.17, 15) is 40.5 Å². The van der Waals surface area contributed by atoms with Gasteiger partial charge in [-0.15, -0.1) is 5.92 Å². The number of benzene rings is 2. The number of methoxy groups -OCH3 is 3. The SMILES string of the molecule is COCCC[C@@H]1NC(=O)[C@@H]2CSSC[C@@H]3NCCC#C[C@@]45C[C@H](C)CC[C@H]4[C@H](CC[C@]54C[C@H](Oc5cc6c(cc5O)[C@H](CCO)SSC[C@@H](O)[C@@H](Cc5cc(OC)c(O)c(OC)c5)[C@H](O)C[C@@H](OCO)CC6)CC[C@@H]34)C[C@H](O)[C@@H]12. The van der Waals surface area contributed by atoms with Crippen molar-refractivity contribution >= 4 is 49.1 Å². The maximum atomic E-state index is 13.8. The Morgan fingerprint density at radius 2 is 1.59 bits per heavy atom. The van der Waals surface area contributed by atoms with Crippen molar-refractivity contribution in [2.24, 2.45) is 52.3 Å². The Bertz CT molecular complexity index is 2390. The second-order valence-electron chi connectivity index (χ2n) is 23.9. The van der Waals surface area contributed by atoms with Crippen molar-refractivity contribution in [2.75, 3.05) is 65.1 Å². The number of nitrogens with one attached hydrogen (secondary N) is 2. The number of phenolic OH excluding ortho intramolecular Hbond substituents is 2. The topological polar surface area (TPSA) is 229 Å². The van der Waals surface area contributed by atoms with Gasteiger partial charge in [0.15, 0.2) is 23.0 Å². The van der Waals surface area contributed by atoms with Crippen molar-refractivity contribution < 1.29 is 64.2 Å². The third-order valence-corrected chi connectivity index (χ3v) is 24.8. The Hall–Kier alpha value is -2.45. The van der Waals surface area contributed by atoms with Crippen molar-refractivity contribution in [1.29, 1.82) is 0 Å². The molecule has 0 radical (unpaired) electrons. The first-order valence-corrected chi connectivity index (χ1v) is 34.0. The van der Waals surface area contributed by atoms with E-state index in [-0.39, 0.29) is 112 Å². The second kappa shape index (κ2) is 28.0. The third-order valence-electron chi connectivity index (χ3n) is 19.5. The molecule has 6 fully saturated rings. The van der Waals surface area contributed by atoms with Crippen molar-refractivity contribution in [3.63, 3.8) is 0 Å². The fourth-order valence-electron chi connectivity index (χ4n) is 15.9. The quantitative estimate of drug-likeness (QED) is 0.0376. The Balaban J connectivity index is 1.02. The van der Waals surface area contributed by atoms with E-state index in [2.05, 4.69) is 29.4 Å². The number of aryl methyl sites for hydroxylation is 1. The number of aromatic hydroxyl groups is 2. The van der Waals surface area contributed by atoms with Crippen LogP contribution >= 0.6 is 43.2 Å². The number of hydrogen-bond acceptors (Lipinski definition) is 18. The van der Waals surface area contributed by atoms with Crippen LogP contribution in [0.5, 0.6) is 28.7 Å². The van der Waals surface area contributed by atoms with Crippen LogP contribution in [0.4, 0.5) is 0 Å². The molecule has 3 aliphatic carbocycles. The molecule has 3 saturated heterocycles. The average molecular weight is 1170 g/mol. The van der Waals surface area contributed by atoms with E-state index >= 15 is 0 Å². The molecule has 1 amide bonds. The average Bonchev–Trinajstić information content (AvgIpc) is 3.96. The summed E-state index contributed by atoms with van der Waals surface area (Å²) in [5, 5.41) is 87.0. The Morgan fingerprint density at radius 3 is 2.35 bits per heavy atom. The monoisotopic (exact) mass is 1170 g/mol. The summed E-state index contributed by atoms with van der Waals surface area (Å²) in [4.78, 5) is 13.8. The molecule has 19 heteroatoms. The van der Waals surface area contributed by atoms with Crippen LogP contribution in [0.15, 0.2) is 24.3 Å². The maximum absolute atomic E-state index is 13.8. The number of hydrogen-bond donors (Lipinski definition) is 9. The highest BCUT2D eigenvalue weighted by molar-refractivity contribution is 8.77. The number of fused-ring (bicyclic) bond motifs is 6. The molecule has 440 valence electrons. The van der Waals surface area contributed by atoms with Gasteiger partial charge in [-0.3, -0.25) is 4.79 Å². The molecule has 2 spiro atoms. The van der Waals surface area contributed by atoms with Gasteiger partial charge in [-0.1, -0.05) is 62.4 Å². The van der Waals surface area contributed by atoms with Gasteiger partial charge in [0, 0.05) is 85.1 Å². The summed E-state index contributed by atoms with van der Waals surface area (Å²) in [5.41, 5.74) is 1.93. The Labute approximate surface area is 484 Å². The van der Waals surface area contributed by atoms with E-state index in [0.717, 1.165) is 94.1 Å². The molecule has 9 N–H and O–H groups in total. The van der Waals surface area contributed by atoms with Gasteiger partial charge in [0.25, 0.3) is 0 Å². The van der Waals surface area contributed by atoms with Crippen LogP contribution < -0.4 is 24.8 Å². The lowest BCUT2D eigenvalue weighted by Crippen LogP contribution is -2.64. The fraction of sp³-hybridized carbons (Fsp3) is 0.750. The Morgan fingerprint density at radius 1 is 0.810 bits per heavy atom. The highest BCUT2D eigenvalue weighted by Crippen LogP contribution is 2.70. The van der Waals surface area contributed by atoms with Crippen LogP contribution in [-0.2, 0) is 27.1 Å². The molecular weight excluding hydrogens is 1080 g/mol. The van der Waals surface area contributed by atoms with Gasteiger partial charge in [0.05, 0.1) is 50.7 Å². The summed E-state index contributed by atoms with van der Waals surface area (Å²) in [6.45, 7) is 3.17. The summed E-state index contributed by atoms with van der Waals surface area (Å²) in [7, 11) is 11.2. The molecule has 2 aromatic rings. The van der Waals surface area contributed by atoms with E-state index in [1.54, 1.807) is 36.1 Å². The zero-order valence-corrected chi connectivity index (χ0v) is 49.9. The van der Waals surface area contributed by atoms with Crippen molar-refractivity contribution in [3.05, 3.63) is 41.0 Å².